The molecule has 2 aliphatic carbocycles. The molecule has 1 saturated heterocycles. The van der Waals surface area contributed by atoms with Crippen molar-refractivity contribution in [2.75, 3.05) is 26.2 Å². The number of amides is 1. The van der Waals surface area contributed by atoms with E-state index < -0.39 is 0 Å². The van der Waals surface area contributed by atoms with Crippen LogP contribution in [-0.4, -0.2) is 47.0 Å². The third-order valence-electron chi connectivity index (χ3n) is 6.66. The van der Waals surface area contributed by atoms with Gasteiger partial charge in [-0.3, -0.25) is 9.59 Å². The van der Waals surface area contributed by atoms with Crippen LogP contribution in [0.3, 0.4) is 0 Å². The highest BCUT2D eigenvalue weighted by molar-refractivity contribution is 7.18. The molecule has 0 radical (unpaired) electrons. The monoisotopic (exact) mass is 413 g/mol. The molecule has 2 aromatic rings. The predicted octanol–water partition coefficient (Wildman–Crippen LogP) is 1.45. The molecule has 0 saturated carbocycles. The van der Waals surface area contributed by atoms with Gasteiger partial charge in [-0.2, -0.15) is 0 Å². The molecular formula is C22H29N4O2S+. The van der Waals surface area contributed by atoms with E-state index in [0.717, 1.165) is 74.4 Å². The molecule has 1 atom stereocenters. The fourth-order valence-corrected chi connectivity index (χ4v) is 6.28. The first-order valence-corrected chi connectivity index (χ1v) is 11.8. The van der Waals surface area contributed by atoms with E-state index in [1.54, 1.807) is 11.3 Å². The molecule has 0 unspecified atom stereocenters. The van der Waals surface area contributed by atoms with Gasteiger partial charge < -0.3 is 14.8 Å². The quantitative estimate of drug-likeness (QED) is 0.746. The molecule has 7 heteroatoms. The molecule has 6 nitrogen and oxygen atoms in total. The van der Waals surface area contributed by atoms with E-state index in [1.807, 2.05) is 4.90 Å². The summed E-state index contributed by atoms with van der Waals surface area (Å²) in [6.07, 6.45) is 11.7. The van der Waals surface area contributed by atoms with Crippen LogP contribution in [0.15, 0.2) is 16.9 Å². The molecule has 3 aliphatic rings. The van der Waals surface area contributed by atoms with Gasteiger partial charge in [-0.05, 0) is 50.0 Å². The Labute approximate surface area is 174 Å². The summed E-state index contributed by atoms with van der Waals surface area (Å²) >= 11 is 1.71. The number of H-pyrrole nitrogens is 1. The Kier molecular flexibility index (Phi) is 5.26. The Morgan fingerprint density at radius 1 is 1.28 bits per heavy atom. The highest BCUT2D eigenvalue weighted by atomic mass is 32.1. The topological polar surface area (TPSA) is 70.5 Å². The normalized spacial score (nSPS) is 22.3. The average Bonchev–Trinajstić information content (AvgIpc) is 3.35. The van der Waals surface area contributed by atoms with Crippen molar-refractivity contribution in [3.8, 4) is 0 Å². The summed E-state index contributed by atoms with van der Waals surface area (Å²) in [4.78, 5) is 38.8. The number of thiophene rings is 1. The van der Waals surface area contributed by atoms with Crippen LogP contribution in [-0.2, 0) is 24.2 Å². The van der Waals surface area contributed by atoms with Gasteiger partial charge >= 0.3 is 0 Å². The Balaban J connectivity index is 1.22. The molecule has 2 aromatic heterocycles. The van der Waals surface area contributed by atoms with Gasteiger partial charge in [0, 0.05) is 11.3 Å². The maximum absolute atomic E-state index is 12.7. The standard InChI is InChI=1S/C22H28N4O2S/c27-19(13-15-5-1-2-6-15)26-11-9-25(10-12-26)14-18-23-21(28)20-16-7-3-4-8-17(16)29-22(20)24-18/h1,5,15H,2-4,6-14H2,(H,23,24,28)/p+1/t15-/m1/s1. The number of nitrogens with zero attached hydrogens (tertiary/aromatic N) is 2. The Bertz CT molecular complexity index is 1000. The van der Waals surface area contributed by atoms with Crippen LogP contribution >= 0.6 is 11.3 Å². The summed E-state index contributed by atoms with van der Waals surface area (Å²) in [5.41, 5.74) is 1.27. The number of hydrogen-bond acceptors (Lipinski definition) is 4. The maximum Gasteiger partial charge on any atom is 0.260 e. The molecular weight excluding hydrogens is 384 g/mol. The second-order valence-corrected chi connectivity index (χ2v) is 9.76. The van der Waals surface area contributed by atoms with Gasteiger partial charge in [0.25, 0.3) is 5.56 Å². The van der Waals surface area contributed by atoms with E-state index >= 15 is 0 Å². The fourth-order valence-electron chi connectivity index (χ4n) is 5.00. The number of quaternary nitrogens is 1. The Hall–Kier alpha value is -1.99. The Morgan fingerprint density at radius 3 is 2.90 bits per heavy atom. The molecule has 1 amide bonds. The minimum Gasteiger partial charge on any atom is -0.331 e. The number of rotatable bonds is 4. The number of aryl methyl sites for hydroxylation is 2. The minimum atomic E-state index is 0.0298. The lowest BCUT2D eigenvalue weighted by Gasteiger charge is -2.32. The molecule has 3 heterocycles. The van der Waals surface area contributed by atoms with Crippen molar-refractivity contribution in [1.82, 2.24) is 14.9 Å². The number of aromatic nitrogens is 2. The van der Waals surface area contributed by atoms with Gasteiger partial charge in [0.05, 0.1) is 31.6 Å². The van der Waals surface area contributed by atoms with Gasteiger partial charge in [-0.1, -0.05) is 12.2 Å². The van der Waals surface area contributed by atoms with E-state index in [-0.39, 0.29) is 11.5 Å². The lowest BCUT2D eigenvalue weighted by atomic mass is 9.97. The number of carbonyl (C=O) groups is 1. The van der Waals surface area contributed by atoms with Crippen LogP contribution in [0.25, 0.3) is 10.2 Å². The molecule has 29 heavy (non-hydrogen) atoms. The molecule has 5 rings (SSSR count). The predicted molar refractivity (Wildman–Crippen MR) is 114 cm³/mol. The van der Waals surface area contributed by atoms with Crippen molar-refractivity contribution in [3.05, 3.63) is 38.8 Å². The van der Waals surface area contributed by atoms with Crippen molar-refractivity contribution >= 4 is 27.5 Å². The van der Waals surface area contributed by atoms with Gasteiger partial charge in [0.15, 0.2) is 5.82 Å². The highest BCUT2D eigenvalue weighted by Gasteiger charge is 2.27. The van der Waals surface area contributed by atoms with E-state index in [9.17, 15) is 9.59 Å². The molecule has 0 spiro atoms. The van der Waals surface area contributed by atoms with Crippen molar-refractivity contribution < 1.29 is 9.69 Å². The molecule has 2 N–H and O–H groups in total. The summed E-state index contributed by atoms with van der Waals surface area (Å²) in [5.74, 6) is 1.51. The number of carbonyl (C=O) groups excluding carboxylic acids is 1. The second-order valence-electron chi connectivity index (χ2n) is 8.68. The summed E-state index contributed by atoms with van der Waals surface area (Å²) in [6.45, 7) is 4.14. The largest absolute Gasteiger partial charge is 0.331 e. The van der Waals surface area contributed by atoms with Crippen LogP contribution in [0.2, 0.25) is 0 Å². The van der Waals surface area contributed by atoms with Crippen molar-refractivity contribution in [2.24, 2.45) is 5.92 Å². The van der Waals surface area contributed by atoms with E-state index in [1.165, 1.54) is 28.2 Å². The zero-order valence-electron chi connectivity index (χ0n) is 16.8. The van der Waals surface area contributed by atoms with Gasteiger partial charge in [-0.15, -0.1) is 11.3 Å². The van der Waals surface area contributed by atoms with Crippen molar-refractivity contribution in [3.63, 3.8) is 0 Å². The number of fused-ring (bicyclic) bond motifs is 3. The molecule has 0 aromatic carbocycles. The van der Waals surface area contributed by atoms with Crippen molar-refractivity contribution in [2.45, 2.75) is 51.5 Å². The van der Waals surface area contributed by atoms with Gasteiger partial charge in [0.2, 0.25) is 5.91 Å². The summed E-state index contributed by atoms with van der Waals surface area (Å²) in [6, 6.07) is 0. The van der Waals surface area contributed by atoms with Gasteiger partial charge in [0.1, 0.15) is 11.4 Å². The van der Waals surface area contributed by atoms with E-state index in [2.05, 4.69) is 17.1 Å². The third-order valence-corrected chi connectivity index (χ3v) is 7.85. The van der Waals surface area contributed by atoms with Gasteiger partial charge in [-0.25, -0.2) is 4.98 Å². The molecule has 154 valence electrons. The Morgan fingerprint density at radius 2 is 2.10 bits per heavy atom. The zero-order chi connectivity index (χ0) is 19.8. The first-order valence-electron chi connectivity index (χ1n) is 11.0. The lowest BCUT2D eigenvalue weighted by molar-refractivity contribution is -0.918. The lowest BCUT2D eigenvalue weighted by Crippen LogP contribution is -3.13. The smallest absolute Gasteiger partial charge is 0.260 e. The molecule has 1 aliphatic heterocycles. The van der Waals surface area contributed by atoms with Crippen LogP contribution < -0.4 is 10.5 Å². The number of piperazine rings is 1. The fraction of sp³-hybridized carbons (Fsp3) is 0.591. The summed E-state index contributed by atoms with van der Waals surface area (Å²) < 4.78 is 0. The first kappa shape index (κ1) is 19.0. The van der Waals surface area contributed by atoms with Crippen LogP contribution in [0.5, 0.6) is 0 Å². The van der Waals surface area contributed by atoms with E-state index in [4.69, 9.17) is 4.98 Å². The number of aromatic amines is 1. The first-order chi connectivity index (χ1) is 14.2. The maximum atomic E-state index is 12.7. The SMILES string of the molecule is O=C(C[C@@H]1C=CCC1)N1CC[NH+](Cc2nc3sc4c(c3c(=O)[nH]2)CCCC4)CC1. The van der Waals surface area contributed by atoms with Crippen LogP contribution in [0.4, 0.5) is 0 Å². The van der Waals surface area contributed by atoms with Crippen molar-refractivity contribution in [1.29, 1.82) is 0 Å². The van der Waals surface area contributed by atoms with Crippen LogP contribution in [0, 0.1) is 5.92 Å². The number of allylic oxidation sites excluding steroid dienone is 2. The van der Waals surface area contributed by atoms with Crippen LogP contribution in [0.1, 0.15) is 48.4 Å². The molecule has 0 bridgehead atoms. The summed E-state index contributed by atoms with van der Waals surface area (Å²) in [5, 5.41) is 0.833. The molecule has 1 fully saturated rings. The minimum absolute atomic E-state index is 0.0298. The number of hydrogen-bond donors (Lipinski definition) is 2. The zero-order valence-corrected chi connectivity index (χ0v) is 17.7. The second kappa shape index (κ2) is 8.03. The summed E-state index contributed by atoms with van der Waals surface area (Å²) in [7, 11) is 0. The third kappa shape index (κ3) is 3.90. The highest BCUT2D eigenvalue weighted by Crippen LogP contribution is 2.33. The van der Waals surface area contributed by atoms with E-state index in [0.29, 0.717) is 12.3 Å². The average molecular weight is 414 g/mol. The number of nitrogens with one attached hydrogen (secondary N) is 2.